The average molecular weight is 367 g/mol. The maximum absolute atomic E-state index is 13.8. The number of rotatable bonds is 3. The number of aliphatic hydroxyl groups excluding tert-OH is 1. The van der Waals surface area contributed by atoms with Crippen LogP contribution in [-0.4, -0.2) is 25.7 Å². The largest absolute Gasteiger partial charge is 0.398 e. The molecule has 112 valence electrons. The van der Waals surface area contributed by atoms with Crippen molar-refractivity contribution in [3.05, 3.63) is 22.4 Å². The molecule has 1 saturated carbocycles. The zero-order chi connectivity index (χ0) is 14.9. The second kappa shape index (κ2) is 5.97. The van der Waals surface area contributed by atoms with Crippen LogP contribution in [0.2, 0.25) is 0 Å². The summed E-state index contributed by atoms with van der Waals surface area (Å²) in [6, 6.07) is 1.85. The van der Waals surface area contributed by atoms with E-state index in [0.29, 0.717) is 30.2 Å². The van der Waals surface area contributed by atoms with Gasteiger partial charge in [-0.1, -0.05) is 0 Å². The highest BCUT2D eigenvalue weighted by Crippen LogP contribution is 2.27. The first kappa shape index (κ1) is 15.7. The average Bonchev–Trinajstić information content (AvgIpc) is 2.36. The van der Waals surface area contributed by atoms with E-state index in [0.717, 1.165) is 12.1 Å². The highest BCUT2D eigenvalue weighted by atomic mass is 79.9. The minimum absolute atomic E-state index is 0.158. The molecule has 0 spiro atoms. The SMILES string of the molecule is Nc1cc(S(=O)(=O)NC2CCC(O)CC2)c(F)cc1Br. The van der Waals surface area contributed by atoms with E-state index in [1.807, 2.05) is 0 Å². The predicted octanol–water partition coefficient (Wildman–Crippen LogP) is 1.75. The van der Waals surface area contributed by atoms with Crippen LogP contribution in [0.1, 0.15) is 25.7 Å². The van der Waals surface area contributed by atoms with E-state index < -0.39 is 20.7 Å². The van der Waals surface area contributed by atoms with Gasteiger partial charge in [0, 0.05) is 16.2 Å². The molecule has 0 heterocycles. The molecule has 0 saturated heterocycles. The Morgan fingerprint density at radius 1 is 1.30 bits per heavy atom. The van der Waals surface area contributed by atoms with Gasteiger partial charge in [-0.15, -0.1) is 0 Å². The smallest absolute Gasteiger partial charge is 0.243 e. The molecule has 4 N–H and O–H groups in total. The molecule has 1 fully saturated rings. The van der Waals surface area contributed by atoms with Crippen molar-refractivity contribution in [2.45, 2.75) is 42.7 Å². The number of nitrogens with two attached hydrogens (primary N) is 1. The van der Waals surface area contributed by atoms with Gasteiger partial charge < -0.3 is 10.8 Å². The lowest BCUT2D eigenvalue weighted by molar-refractivity contribution is 0.120. The van der Waals surface area contributed by atoms with E-state index in [1.165, 1.54) is 0 Å². The molecule has 1 aromatic rings. The van der Waals surface area contributed by atoms with Crippen LogP contribution in [0.5, 0.6) is 0 Å². The summed E-state index contributed by atoms with van der Waals surface area (Å²) in [7, 11) is -3.95. The summed E-state index contributed by atoms with van der Waals surface area (Å²) >= 11 is 3.04. The molecule has 0 unspecified atom stereocenters. The van der Waals surface area contributed by atoms with Crippen molar-refractivity contribution in [3.63, 3.8) is 0 Å². The fraction of sp³-hybridized carbons (Fsp3) is 0.500. The van der Waals surface area contributed by atoms with Gasteiger partial charge in [0.15, 0.2) is 0 Å². The fourth-order valence-electron chi connectivity index (χ4n) is 2.23. The number of nitrogen functional groups attached to an aromatic ring is 1. The van der Waals surface area contributed by atoms with Gasteiger partial charge in [0.25, 0.3) is 0 Å². The summed E-state index contributed by atoms with van der Waals surface area (Å²) in [6.45, 7) is 0. The zero-order valence-corrected chi connectivity index (χ0v) is 13.0. The molecule has 5 nitrogen and oxygen atoms in total. The molecular weight excluding hydrogens is 351 g/mol. The molecule has 0 aliphatic heterocycles. The van der Waals surface area contributed by atoms with Crippen LogP contribution >= 0.6 is 15.9 Å². The summed E-state index contributed by atoms with van der Waals surface area (Å²) in [5.41, 5.74) is 5.76. The molecule has 1 aromatic carbocycles. The molecule has 0 aromatic heterocycles. The molecule has 0 radical (unpaired) electrons. The summed E-state index contributed by atoms with van der Waals surface area (Å²) < 4.78 is 40.9. The van der Waals surface area contributed by atoms with E-state index >= 15 is 0 Å². The van der Waals surface area contributed by atoms with Crippen molar-refractivity contribution in [3.8, 4) is 0 Å². The third-order valence-electron chi connectivity index (χ3n) is 3.36. The second-order valence-electron chi connectivity index (χ2n) is 4.93. The van der Waals surface area contributed by atoms with Crippen molar-refractivity contribution in [1.82, 2.24) is 4.72 Å². The van der Waals surface area contributed by atoms with Gasteiger partial charge in [-0.25, -0.2) is 17.5 Å². The first-order chi connectivity index (χ1) is 9.29. The molecule has 20 heavy (non-hydrogen) atoms. The number of anilines is 1. The van der Waals surface area contributed by atoms with Crippen molar-refractivity contribution in [2.24, 2.45) is 0 Å². The van der Waals surface area contributed by atoms with Gasteiger partial charge in [-0.2, -0.15) is 0 Å². The van der Waals surface area contributed by atoms with Gasteiger partial charge in [0.1, 0.15) is 10.7 Å². The first-order valence-corrected chi connectivity index (χ1v) is 8.52. The first-order valence-electron chi connectivity index (χ1n) is 6.24. The van der Waals surface area contributed by atoms with Crippen LogP contribution in [0.25, 0.3) is 0 Å². The minimum atomic E-state index is -3.95. The normalized spacial score (nSPS) is 23.8. The molecule has 1 aliphatic rings. The number of sulfonamides is 1. The molecule has 0 bridgehead atoms. The van der Waals surface area contributed by atoms with Crippen molar-refractivity contribution in [2.75, 3.05) is 5.73 Å². The van der Waals surface area contributed by atoms with Crippen molar-refractivity contribution in [1.29, 1.82) is 0 Å². The molecule has 0 amide bonds. The Morgan fingerprint density at radius 3 is 2.50 bits per heavy atom. The fourth-order valence-corrected chi connectivity index (χ4v) is 3.94. The highest BCUT2D eigenvalue weighted by Gasteiger charge is 2.27. The highest BCUT2D eigenvalue weighted by molar-refractivity contribution is 9.10. The van der Waals surface area contributed by atoms with Crippen LogP contribution in [0.3, 0.4) is 0 Å². The number of halogens is 2. The van der Waals surface area contributed by atoms with Crippen molar-refractivity contribution >= 4 is 31.6 Å². The molecule has 1 aliphatic carbocycles. The monoisotopic (exact) mass is 366 g/mol. The summed E-state index contributed by atoms with van der Waals surface area (Å²) in [5.74, 6) is -0.852. The van der Waals surface area contributed by atoms with Gasteiger partial charge in [0.2, 0.25) is 10.0 Å². The molecule has 2 rings (SSSR count). The van der Waals surface area contributed by atoms with Crippen LogP contribution in [0.4, 0.5) is 10.1 Å². The third-order valence-corrected chi connectivity index (χ3v) is 5.58. The Kier molecular flexibility index (Phi) is 4.68. The number of hydrogen-bond donors (Lipinski definition) is 3. The Bertz CT molecular complexity index is 601. The van der Waals surface area contributed by atoms with Crippen LogP contribution in [0, 0.1) is 5.82 Å². The van der Waals surface area contributed by atoms with Gasteiger partial charge in [0.05, 0.1) is 6.10 Å². The van der Waals surface area contributed by atoms with Gasteiger partial charge in [-0.05, 0) is 53.7 Å². The second-order valence-corrected chi connectivity index (χ2v) is 7.47. The number of nitrogens with one attached hydrogen (secondary N) is 1. The summed E-state index contributed by atoms with van der Waals surface area (Å²) in [6.07, 6.45) is 1.77. The number of aliphatic hydroxyl groups is 1. The Labute approximate surface area is 125 Å². The number of benzene rings is 1. The molecular formula is C12H16BrFN2O3S. The Hall–Kier alpha value is -0.700. The van der Waals surface area contributed by atoms with Gasteiger partial charge in [-0.3, -0.25) is 0 Å². The van der Waals surface area contributed by atoms with E-state index in [9.17, 15) is 17.9 Å². The lowest BCUT2D eigenvalue weighted by Gasteiger charge is -2.26. The predicted molar refractivity (Wildman–Crippen MR) is 77.1 cm³/mol. The van der Waals surface area contributed by atoms with Crippen LogP contribution in [0.15, 0.2) is 21.5 Å². The Morgan fingerprint density at radius 2 is 1.90 bits per heavy atom. The zero-order valence-electron chi connectivity index (χ0n) is 10.6. The van der Waals surface area contributed by atoms with Crippen LogP contribution in [-0.2, 0) is 10.0 Å². The van der Waals surface area contributed by atoms with E-state index in [2.05, 4.69) is 20.7 Å². The Balaban J connectivity index is 2.20. The molecule has 0 atom stereocenters. The lowest BCUT2D eigenvalue weighted by Crippen LogP contribution is -2.38. The summed E-state index contributed by atoms with van der Waals surface area (Å²) in [5, 5.41) is 9.39. The lowest BCUT2D eigenvalue weighted by atomic mass is 9.94. The topological polar surface area (TPSA) is 92.4 Å². The third kappa shape index (κ3) is 3.49. The quantitative estimate of drug-likeness (QED) is 0.710. The van der Waals surface area contributed by atoms with E-state index in [1.54, 1.807) is 0 Å². The standard InChI is InChI=1S/C12H16BrFN2O3S/c13-9-5-10(14)12(6-11(9)15)20(18,19)16-7-1-3-8(17)4-2-7/h5-8,16-17H,1-4,15H2. The minimum Gasteiger partial charge on any atom is -0.398 e. The summed E-state index contributed by atoms with van der Waals surface area (Å²) in [4.78, 5) is -0.454. The van der Waals surface area contributed by atoms with E-state index in [4.69, 9.17) is 5.73 Å². The van der Waals surface area contributed by atoms with Crippen molar-refractivity contribution < 1.29 is 17.9 Å². The molecule has 8 heteroatoms. The number of hydrogen-bond acceptors (Lipinski definition) is 4. The maximum atomic E-state index is 13.8. The maximum Gasteiger partial charge on any atom is 0.243 e. The van der Waals surface area contributed by atoms with Gasteiger partial charge >= 0.3 is 0 Å². The van der Waals surface area contributed by atoms with Crippen LogP contribution < -0.4 is 10.5 Å². The van der Waals surface area contributed by atoms with E-state index in [-0.39, 0.29) is 17.8 Å².